The predicted molar refractivity (Wildman–Crippen MR) is 148 cm³/mol. The Morgan fingerprint density at radius 1 is 1.07 bits per heavy atom. The van der Waals surface area contributed by atoms with Gasteiger partial charge in [-0.25, -0.2) is 4.68 Å². The van der Waals surface area contributed by atoms with Crippen LogP contribution in [0.1, 0.15) is 47.9 Å². The number of carbonyl (C=O) groups excluding carboxylic acids is 4. The first-order chi connectivity index (χ1) is 19.7. The molecule has 4 amide bonds. The van der Waals surface area contributed by atoms with Crippen molar-refractivity contribution in [1.82, 2.24) is 40.8 Å². The minimum Gasteiger partial charge on any atom is -0.349 e. The highest BCUT2D eigenvalue weighted by atomic mass is 35.5. The Labute approximate surface area is 241 Å². The lowest BCUT2D eigenvalue weighted by molar-refractivity contribution is -0.134. The Morgan fingerprint density at radius 3 is 2.59 bits per heavy atom. The Bertz CT molecular complexity index is 1450. The normalized spacial score (nSPS) is 23.3. The third-order valence-corrected chi connectivity index (χ3v) is 7.68. The van der Waals surface area contributed by atoms with Crippen molar-refractivity contribution in [3.63, 3.8) is 0 Å². The molecular formula is C28H31ClN8O4. The Hall–Kier alpha value is -4.32. The summed E-state index contributed by atoms with van der Waals surface area (Å²) in [5.41, 5.74) is 1.59. The van der Waals surface area contributed by atoms with Crippen LogP contribution in [0.25, 0.3) is 0 Å². The fraction of sp³-hybridized carbons (Fsp3) is 0.393. The summed E-state index contributed by atoms with van der Waals surface area (Å²) in [6.07, 6.45) is 5.03. The molecule has 4 atom stereocenters. The first-order valence-corrected chi connectivity index (χ1v) is 13.8. The van der Waals surface area contributed by atoms with Gasteiger partial charge in [0.1, 0.15) is 23.8 Å². The van der Waals surface area contributed by atoms with Crippen LogP contribution in [0.3, 0.4) is 0 Å². The lowest BCUT2D eigenvalue weighted by atomic mass is 10.00. The molecule has 2 aliphatic heterocycles. The summed E-state index contributed by atoms with van der Waals surface area (Å²) in [6.45, 7) is 3.87. The summed E-state index contributed by atoms with van der Waals surface area (Å²) in [5.74, 6) is -2.09. The van der Waals surface area contributed by atoms with Crippen molar-refractivity contribution in [2.75, 3.05) is 6.54 Å². The highest BCUT2D eigenvalue weighted by Gasteiger charge is 2.43. The van der Waals surface area contributed by atoms with E-state index in [1.165, 1.54) is 23.4 Å². The first kappa shape index (κ1) is 28.2. The number of hydrogen-bond acceptors (Lipinski definition) is 7. The summed E-state index contributed by atoms with van der Waals surface area (Å²) in [6, 6.07) is 7.74. The van der Waals surface area contributed by atoms with E-state index >= 15 is 0 Å². The third-order valence-electron chi connectivity index (χ3n) is 7.38. The Morgan fingerprint density at radius 2 is 1.85 bits per heavy atom. The van der Waals surface area contributed by atoms with Gasteiger partial charge in [-0.05, 0) is 17.5 Å². The predicted octanol–water partition coefficient (Wildman–Crippen LogP) is 1.28. The number of halogens is 1. The van der Waals surface area contributed by atoms with Crippen molar-refractivity contribution in [3.05, 3.63) is 76.8 Å². The highest BCUT2D eigenvalue weighted by Crippen LogP contribution is 2.30. The van der Waals surface area contributed by atoms with Gasteiger partial charge in [-0.3, -0.25) is 24.2 Å². The van der Waals surface area contributed by atoms with Crippen molar-refractivity contribution < 1.29 is 19.2 Å². The number of nitrogens with zero attached hydrogens (tertiary/aromatic N) is 5. The van der Waals surface area contributed by atoms with E-state index in [0.717, 1.165) is 5.56 Å². The van der Waals surface area contributed by atoms with Gasteiger partial charge in [0.2, 0.25) is 17.7 Å². The van der Waals surface area contributed by atoms with Crippen molar-refractivity contribution >= 4 is 35.2 Å². The van der Waals surface area contributed by atoms with Crippen LogP contribution in [0, 0.1) is 5.92 Å². The van der Waals surface area contributed by atoms with Crippen LogP contribution in [0.2, 0.25) is 5.02 Å². The van der Waals surface area contributed by atoms with Gasteiger partial charge < -0.3 is 20.9 Å². The molecule has 4 heterocycles. The average Bonchev–Trinajstić information content (AvgIpc) is 3.62. The van der Waals surface area contributed by atoms with Crippen molar-refractivity contribution in [3.8, 4) is 0 Å². The van der Waals surface area contributed by atoms with Gasteiger partial charge in [0.25, 0.3) is 5.91 Å². The van der Waals surface area contributed by atoms with E-state index in [4.69, 9.17) is 11.6 Å². The number of fused-ring (bicyclic) bond motifs is 5. The number of carbonyl (C=O) groups is 4. The first-order valence-electron chi connectivity index (χ1n) is 13.4. The van der Waals surface area contributed by atoms with Gasteiger partial charge >= 0.3 is 0 Å². The summed E-state index contributed by atoms with van der Waals surface area (Å²) in [4.78, 5) is 59.5. The molecule has 2 aliphatic rings. The van der Waals surface area contributed by atoms with Crippen LogP contribution in [0.15, 0.2) is 55.0 Å². The highest BCUT2D eigenvalue weighted by molar-refractivity contribution is 6.33. The fourth-order valence-electron chi connectivity index (χ4n) is 5.16. The molecule has 4 bridgehead atoms. The Kier molecular flexibility index (Phi) is 8.29. The summed E-state index contributed by atoms with van der Waals surface area (Å²) in [7, 11) is 0. The molecule has 2 aromatic heterocycles. The van der Waals surface area contributed by atoms with Crippen LogP contribution < -0.4 is 16.0 Å². The lowest BCUT2D eigenvalue weighted by Crippen LogP contribution is -2.58. The van der Waals surface area contributed by atoms with Crippen LogP contribution in [0.5, 0.6) is 0 Å². The number of benzene rings is 1. The topological polar surface area (TPSA) is 151 Å². The third kappa shape index (κ3) is 6.22. The molecule has 0 radical (unpaired) electrons. The molecule has 3 N–H and O–H groups in total. The van der Waals surface area contributed by atoms with E-state index in [-0.39, 0.29) is 54.4 Å². The smallest absolute Gasteiger partial charge is 0.256 e. The summed E-state index contributed by atoms with van der Waals surface area (Å²) >= 11 is 6.27. The fourth-order valence-corrected chi connectivity index (χ4v) is 5.36. The van der Waals surface area contributed by atoms with Gasteiger partial charge in [-0.2, -0.15) is 0 Å². The van der Waals surface area contributed by atoms with Gasteiger partial charge in [0.15, 0.2) is 0 Å². The maximum Gasteiger partial charge on any atom is 0.256 e. The van der Waals surface area contributed by atoms with Crippen LogP contribution in [0.4, 0.5) is 0 Å². The van der Waals surface area contributed by atoms with Crippen LogP contribution in [-0.2, 0) is 27.3 Å². The SMILES string of the molecule is CC(C)[C@@H]1NC(=O)[C@@H]2C[C@@H](CN2C(=O)c2ccncc2Cl)n2cc(nn2)CNC(=O)[C@@H](Cc2ccccc2)NC1=O. The molecule has 1 fully saturated rings. The zero-order valence-electron chi connectivity index (χ0n) is 22.7. The molecule has 0 saturated carbocycles. The van der Waals surface area contributed by atoms with E-state index in [0.29, 0.717) is 5.69 Å². The number of amides is 4. The van der Waals surface area contributed by atoms with Gasteiger partial charge in [0, 0.05) is 31.8 Å². The molecule has 13 heteroatoms. The summed E-state index contributed by atoms with van der Waals surface area (Å²) in [5, 5.41) is 17.1. The minimum absolute atomic E-state index is 0.0935. The molecule has 0 spiro atoms. The molecule has 5 rings (SSSR count). The average molecular weight is 579 g/mol. The molecule has 41 heavy (non-hydrogen) atoms. The monoisotopic (exact) mass is 578 g/mol. The lowest BCUT2D eigenvalue weighted by Gasteiger charge is -2.29. The maximum atomic E-state index is 13.7. The molecule has 0 aliphatic carbocycles. The number of hydrogen-bond donors (Lipinski definition) is 3. The molecule has 3 aromatic rings. The number of nitrogens with one attached hydrogen (secondary N) is 3. The molecular weight excluding hydrogens is 548 g/mol. The second-order valence-electron chi connectivity index (χ2n) is 10.6. The molecule has 1 aromatic carbocycles. The molecule has 214 valence electrons. The van der Waals surface area contributed by atoms with Crippen LogP contribution >= 0.6 is 11.6 Å². The van der Waals surface area contributed by atoms with E-state index in [1.807, 2.05) is 30.3 Å². The van der Waals surface area contributed by atoms with Gasteiger partial charge in [-0.1, -0.05) is 61.0 Å². The number of aromatic nitrogens is 4. The molecule has 0 unspecified atom stereocenters. The molecule has 1 saturated heterocycles. The second kappa shape index (κ2) is 12.0. The molecule has 12 nitrogen and oxygen atoms in total. The van der Waals surface area contributed by atoms with Crippen molar-refractivity contribution in [1.29, 1.82) is 0 Å². The van der Waals surface area contributed by atoms with E-state index in [2.05, 4.69) is 31.2 Å². The standard InChI is InChI=1S/C28H31ClN8O4/c1-16(2)24-27(40)32-22(10-17-6-4-3-5-7-17)25(38)31-12-18-14-37(35-34-18)19-11-23(26(39)33-24)36(15-19)28(41)20-8-9-30-13-21(20)29/h3-9,13-14,16,19,22-24H,10-12,15H2,1-2H3,(H,31,38)(H,32,40)(H,33,39)/t19-,22+,23-,24-/m0/s1. The van der Waals surface area contributed by atoms with E-state index < -0.39 is 35.8 Å². The van der Waals surface area contributed by atoms with E-state index in [9.17, 15) is 19.2 Å². The van der Waals surface area contributed by atoms with Gasteiger partial charge in [0.05, 0.1) is 29.4 Å². The van der Waals surface area contributed by atoms with Crippen LogP contribution in [-0.4, -0.2) is 73.2 Å². The zero-order chi connectivity index (χ0) is 29.1. The van der Waals surface area contributed by atoms with Gasteiger partial charge in [-0.15, -0.1) is 5.10 Å². The zero-order valence-corrected chi connectivity index (χ0v) is 23.4. The number of likely N-dealkylation sites (tertiary alicyclic amines) is 1. The largest absolute Gasteiger partial charge is 0.349 e. The number of pyridine rings is 1. The number of rotatable bonds is 4. The minimum atomic E-state index is -0.948. The summed E-state index contributed by atoms with van der Waals surface area (Å²) < 4.78 is 1.60. The maximum absolute atomic E-state index is 13.7. The quantitative estimate of drug-likeness (QED) is 0.422. The van der Waals surface area contributed by atoms with Crippen molar-refractivity contribution in [2.24, 2.45) is 5.92 Å². The van der Waals surface area contributed by atoms with Crippen molar-refractivity contribution in [2.45, 2.75) is 57.4 Å². The second-order valence-corrected chi connectivity index (χ2v) is 11.0. The van der Waals surface area contributed by atoms with E-state index in [1.54, 1.807) is 24.7 Å². The Balaban J connectivity index is 1.48.